The number of piperidine rings is 1. The smallest absolute Gasteiger partial charge is 0.416 e. The van der Waals surface area contributed by atoms with Crippen molar-refractivity contribution in [2.75, 3.05) is 20.1 Å². The number of likely N-dealkylation sites (tertiary alicyclic amines) is 1. The summed E-state index contributed by atoms with van der Waals surface area (Å²) < 4.78 is 45.4. The van der Waals surface area contributed by atoms with Crippen LogP contribution in [-0.4, -0.2) is 64.7 Å². The molecule has 0 aromatic heterocycles. The predicted octanol–water partition coefficient (Wildman–Crippen LogP) is 4.98. The Labute approximate surface area is 249 Å². The number of carbonyl (C=O) groups is 1. The number of alkyl halides is 3. The lowest BCUT2D eigenvalue weighted by atomic mass is 9.48. The SMILES string of the molecule is CN(C(=O)C#Cc1ccc(C(F)(F)F)cc1)[C@@H]1CC[C@@]2(O)[C@H]3Cc4cccc5c4[C@@]2(CCN3CCc2ccccc2)[C@H]1O5. The molecule has 222 valence electrons. The number of aliphatic hydroxyl groups is 1. The van der Waals surface area contributed by atoms with Crippen LogP contribution in [0.1, 0.15) is 47.1 Å². The lowest BCUT2D eigenvalue weighted by molar-refractivity contribution is -0.199. The van der Waals surface area contributed by atoms with Gasteiger partial charge in [-0.05, 0) is 80.1 Å². The van der Waals surface area contributed by atoms with E-state index in [4.69, 9.17) is 4.74 Å². The Morgan fingerprint density at radius 1 is 1.07 bits per heavy atom. The highest BCUT2D eigenvalue weighted by atomic mass is 19.4. The number of nitrogens with zero attached hydrogens (tertiary/aromatic N) is 2. The van der Waals surface area contributed by atoms with Crippen molar-refractivity contribution in [2.45, 2.75) is 67.5 Å². The van der Waals surface area contributed by atoms with Crippen molar-refractivity contribution >= 4 is 5.91 Å². The molecule has 5 nitrogen and oxygen atoms in total. The minimum absolute atomic E-state index is 0.0571. The van der Waals surface area contributed by atoms with Crippen molar-refractivity contribution in [1.82, 2.24) is 9.80 Å². The van der Waals surface area contributed by atoms with Gasteiger partial charge in [0.25, 0.3) is 5.91 Å². The molecule has 0 unspecified atom stereocenters. The van der Waals surface area contributed by atoms with Crippen LogP contribution in [-0.2, 0) is 29.2 Å². The first-order valence-corrected chi connectivity index (χ1v) is 14.9. The minimum atomic E-state index is -4.43. The fourth-order valence-electron chi connectivity index (χ4n) is 8.26. The van der Waals surface area contributed by atoms with Crippen molar-refractivity contribution in [2.24, 2.45) is 0 Å². The van der Waals surface area contributed by atoms with Crippen LogP contribution in [0.25, 0.3) is 0 Å². The molecule has 5 atom stereocenters. The van der Waals surface area contributed by atoms with E-state index in [0.29, 0.717) is 18.4 Å². The second-order valence-corrected chi connectivity index (χ2v) is 12.3. The fraction of sp³-hybridized carbons (Fsp3) is 0.400. The molecule has 1 N–H and O–H groups in total. The first-order chi connectivity index (χ1) is 20.6. The lowest BCUT2D eigenvalue weighted by Gasteiger charge is -2.64. The normalized spacial score (nSPS) is 28.7. The molecule has 2 aliphatic carbocycles. The Morgan fingerprint density at radius 3 is 2.58 bits per heavy atom. The van der Waals surface area contributed by atoms with Gasteiger partial charge in [0.1, 0.15) is 11.9 Å². The molecule has 3 aromatic rings. The minimum Gasteiger partial charge on any atom is -0.487 e. The van der Waals surface area contributed by atoms with Gasteiger partial charge in [-0.15, -0.1) is 0 Å². The maximum Gasteiger partial charge on any atom is 0.416 e. The van der Waals surface area contributed by atoms with Gasteiger partial charge in [0.2, 0.25) is 0 Å². The maximum absolute atomic E-state index is 13.3. The number of halogens is 3. The third-order valence-corrected chi connectivity index (χ3v) is 10.3. The second kappa shape index (κ2) is 10.1. The van der Waals surface area contributed by atoms with Gasteiger partial charge in [0, 0.05) is 36.7 Å². The first kappa shape index (κ1) is 28.0. The lowest BCUT2D eigenvalue weighted by Crippen LogP contribution is -2.78. The summed E-state index contributed by atoms with van der Waals surface area (Å²) in [7, 11) is 1.71. The Morgan fingerprint density at radius 2 is 1.84 bits per heavy atom. The largest absolute Gasteiger partial charge is 0.487 e. The molecular weight excluding hydrogens is 553 g/mol. The van der Waals surface area contributed by atoms with Crippen LogP contribution in [0.4, 0.5) is 13.2 Å². The molecule has 4 aliphatic rings. The molecule has 3 aromatic carbocycles. The summed E-state index contributed by atoms with van der Waals surface area (Å²) >= 11 is 0. The summed E-state index contributed by atoms with van der Waals surface area (Å²) in [6.45, 7) is 1.68. The van der Waals surface area contributed by atoms with Crippen LogP contribution in [0.2, 0.25) is 0 Å². The standard InChI is InChI=1S/C35H33F3N2O3/c1-39(30(41)15-12-24-10-13-26(14-11-24)35(36,37)38)27-16-18-34(42)29-22-25-8-5-9-28-31(25)33(34,32(27)43-28)19-21-40(29)20-17-23-6-3-2-4-7-23/h2-11,13-14,27,29,32,42H,16-22H2,1H3/t27-,29-,32+,33+,34-/m1/s1. The average Bonchev–Trinajstić information content (AvgIpc) is 3.34. The highest BCUT2D eigenvalue weighted by molar-refractivity contribution is 5.94. The number of hydrogen-bond donors (Lipinski definition) is 1. The van der Waals surface area contributed by atoms with E-state index in [1.165, 1.54) is 23.3 Å². The van der Waals surface area contributed by atoms with E-state index in [1.807, 2.05) is 18.2 Å². The van der Waals surface area contributed by atoms with E-state index in [1.54, 1.807) is 11.9 Å². The topological polar surface area (TPSA) is 53.0 Å². The van der Waals surface area contributed by atoms with E-state index >= 15 is 0 Å². The first-order valence-electron chi connectivity index (χ1n) is 14.9. The molecule has 1 spiro atoms. The molecule has 1 saturated heterocycles. The summed E-state index contributed by atoms with van der Waals surface area (Å²) in [6.07, 6.45) is -1.39. The quantitative estimate of drug-likeness (QED) is 0.439. The number of likely N-dealkylation sites (N-methyl/N-ethyl adjacent to an activating group) is 1. The van der Waals surface area contributed by atoms with Crippen LogP contribution in [0.3, 0.4) is 0 Å². The zero-order chi connectivity index (χ0) is 30.0. The maximum atomic E-state index is 13.3. The Kier molecular flexibility index (Phi) is 6.60. The average molecular weight is 587 g/mol. The van der Waals surface area contributed by atoms with Gasteiger partial charge in [-0.2, -0.15) is 13.2 Å². The van der Waals surface area contributed by atoms with Crippen molar-refractivity contribution in [3.8, 4) is 17.6 Å². The van der Waals surface area contributed by atoms with Crippen molar-refractivity contribution < 1.29 is 27.8 Å². The predicted molar refractivity (Wildman–Crippen MR) is 155 cm³/mol. The van der Waals surface area contributed by atoms with Crippen molar-refractivity contribution in [3.63, 3.8) is 0 Å². The zero-order valence-corrected chi connectivity index (χ0v) is 23.9. The van der Waals surface area contributed by atoms with E-state index in [0.717, 1.165) is 55.8 Å². The monoisotopic (exact) mass is 586 g/mol. The molecule has 8 heteroatoms. The second-order valence-electron chi connectivity index (χ2n) is 12.3. The van der Waals surface area contributed by atoms with E-state index < -0.39 is 34.8 Å². The Hall–Kier alpha value is -3.80. The van der Waals surface area contributed by atoms with Gasteiger partial charge in [-0.3, -0.25) is 9.69 Å². The number of amides is 1. The molecule has 7 rings (SSSR count). The van der Waals surface area contributed by atoms with Crippen molar-refractivity contribution in [1.29, 1.82) is 0 Å². The van der Waals surface area contributed by atoms with Crippen LogP contribution >= 0.6 is 0 Å². The van der Waals surface area contributed by atoms with Crippen LogP contribution in [0.15, 0.2) is 72.8 Å². The van der Waals surface area contributed by atoms with E-state index in [2.05, 4.69) is 47.1 Å². The molecule has 2 aliphatic heterocycles. The van der Waals surface area contributed by atoms with Crippen LogP contribution in [0.5, 0.6) is 5.75 Å². The third-order valence-electron chi connectivity index (χ3n) is 10.3. The zero-order valence-electron chi connectivity index (χ0n) is 23.9. The molecule has 2 fully saturated rings. The third kappa shape index (κ3) is 4.36. The molecule has 0 radical (unpaired) electrons. The molecule has 1 amide bonds. The number of rotatable bonds is 4. The van der Waals surface area contributed by atoms with Crippen LogP contribution < -0.4 is 4.74 Å². The number of benzene rings is 3. The van der Waals surface area contributed by atoms with Gasteiger partial charge in [0.05, 0.1) is 22.6 Å². The number of carbonyl (C=O) groups excluding carboxylic acids is 1. The van der Waals surface area contributed by atoms with Gasteiger partial charge in [-0.25, -0.2) is 0 Å². The molecule has 1 saturated carbocycles. The van der Waals surface area contributed by atoms with Crippen LogP contribution in [0, 0.1) is 11.8 Å². The Bertz CT molecular complexity index is 1610. The summed E-state index contributed by atoms with van der Waals surface area (Å²) in [5.41, 5.74) is 1.51. The molecule has 2 bridgehead atoms. The fourth-order valence-corrected chi connectivity index (χ4v) is 8.26. The molecule has 2 heterocycles. The summed E-state index contributed by atoms with van der Waals surface area (Å²) in [4.78, 5) is 17.4. The van der Waals surface area contributed by atoms with E-state index in [9.17, 15) is 23.1 Å². The summed E-state index contributed by atoms with van der Waals surface area (Å²) in [6, 6.07) is 20.6. The number of ether oxygens (including phenoxy) is 1. The van der Waals surface area contributed by atoms with Gasteiger partial charge in [-0.1, -0.05) is 48.4 Å². The summed E-state index contributed by atoms with van der Waals surface area (Å²) in [5.74, 6) is 5.71. The summed E-state index contributed by atoms with van der Waals surface area (Å²) in [5, 5.41) is 12.7. The molecular formula is C35H33F3N2O3. The van der Waals surface area contributed by atoms with Gasteiger partial charge >= 0.3 is 6.18 Å². The number of hydrogen-bond acceptors (Lipinski definition) is 4. The van der Waals surface area contributed by atoms with Gasteiger partial charge < -0.3 is 14.7 Å². The highest BCUT2D eigenvalue weighted by Gasteiger charge is 2.73. The molecule has 43 heavy (non-hydrogen) atoms. The Balaban J connectivity index is 1.16. The van der Waals surface area contributed by atoms with Crippen molar-refractivity contribution in [3.05, 3.63) is 101 Å². The van der Waals surface area contributed by atoms with Gasteiger partial charge in [0.15, 0.2) is 0 Å². The highest BCUT2D eigenvalue weighted by Crippen LogP contribution is 2.64. The van der Waals surface area contributed by atoms with E-state index in [-0.39, 0.29) is 12.1 Å².